The molecule has 3 N–H and O–H groups in total. The Hall–Kier alpha value is -2.49. The van der Waals surface area contributed by atoms with E-state index in [0.29, 0.717) is 11.6 Å². The average Bonchev–Trinajstić information content (AvgIpc) is 2.50. The highest BCUT2D eigenvalue weighted by molar-refractivity contribution is 5.92. The zero-order valence-electron chi connectivity index (χ0n) is 12.0. The number of nitrogens with zero attached hydrogens (tertiary/aromatic N) is 1. The molecule has 0 saturated heterocycles. The molecule has 4 nitrogen and oxygen atoms in total. The fourth-order valence-corrected chi connectivity index (χ4v) is 2.74. The lowest BCUT2D eigenvalue weighted by Gasteiger charge is -2.37. The molecule has 0 fully saturated rings. The zero-order valence-corrected chi connectivity index (χ0v) is 12.0. The van der Waals surface area contributed by atoms with Gasteiger partial charge in [0.25, 0.3) is 0 Å². The predicted octanol–water partition coefficient (Wildman–Crippen LogP) is 2.61. The highest BCUT2D eigenvalue weighted by atomic mass is 16.1. The number of para-hydroxylation sites is 2. The lowest BCUT2D eigenvalue weighted by Crippen LogP contribution is -2.41. The zero-order chi connectivity index (χ0) is 14.8. The third kappa shape index (κ3) is 2.70. The number of anilines is 2. The summed E-state index contributed by atoms with van der Waals surface area (Å²) in [4.78, 5) is 13.7. The molecule has 2 aromatic rings. The van der Waals surface area contributed by atoms with E-state index in [0.717, 1.165) is 24.3 Å². The number of primary amides is 1. The van der Waals surface area contributed by atoms with Gasteiger partial charge in [0.15, 0.2) is 0 Å². The highest BCUT2D eigenvalue weighted by Crippen LogP contribution is 2.32. The maximum atomic E-state index is 11.3. The van der Waals surface area contributed by atoms with Crippen molar-refractivity contribution in [2.75, 3.05) is 16.8 Å². The molecule has 0 aliphatic carbocycles. The van der Waals surface area contributed by atoms with Crippen LogP contribution in [0.3, 0.4) is 0 Å². The maximum Gasteiger partial charge on any atom is 0.248 e. The molecule has 21 heavy (non-hydrogen) atoms. The molecule has 0 saturated carbocycles. The number of carbonyl (C=O) groups excluding carboxylic acids is 1. The van der Waals surface area contributed by atoms with E-state index >= 15 is 0 Å². The molecule has 1 unspecified atom stereocenters. The van der Waals surface area contributed by atoms with Gasteiger partial charge >= 0.3 is 0 Å². The van der Waals surface area contributed by atoms with Gasteiger partial charge in [-0.05, 0) is 36.8 Å². The van der Waals surface area contributed by atoms with Crippen LogP contribution in [-0.2, 0) is 6.54 Å². The van der Waals surface area contributed by atoms with Gasteiger partial charge in [-0.1, -0.05) is 24.3 Å². The quantitative estimate of drug-likeness (QED) is 0.909. The Bertz CT molecular complexity index is 669. The molecule has 0 bridgehead atoms. The van der Waals surface area contributed by atoms with E-state index in [4.69, 9.17) is 5.73 Å². The number of nitrogens with one attached hydrogen (secondary N) is 1. The van der Waals surface area contributed by atoms with Crippen molar-refractivity contribution < 1.29 is 4.79 Å². The van der Waals surface area contributed by atoms with Crippen LogP contribution in [0.1, 0.15) is 22.8 Å². The van der Waals surface area contributed by atoms with Gasteiger partial charge in [0.1, 0.15) is 0 Å². The molecule has 1 heterocycles. The topological polar surface area (TPSA) is 58.4 Å². The number of hydrogen-bond acceptors (Lipinski definition) is 3. The van der Waals surface area contributed by atoms with Crippen LogP contribution in [0.25, 0.3) is 0 Å². The summed E-state index contributed by atoms with van der Waals surface area (Å²) in [6, 6.07) is 16.2. The maximum absolute atomic E-state index is 11.3. The summed E-state index contributed by atoms with van der Waals surface area (Å²) in [6.07, 6.45) is 0. The first-order valence-corrected chi connectivity index (χ1v) is 7.13. The number of rotatable bonds is 3. The molecule has 3 rings (SSSR count). The second-order valence-corrected chi connectivity index (χ2v) is 5.44. The van der Waals surface area contributed by atoms with Gasteiger partial charge < -0.3 is 16.0 Å². The molecule has 0 spiro atoms. The van der Waals surface area contributed by atoms with Crippen LogP contribution in [0.5, 0.6) is 0 Å². The minimum absolute atomic E-state index is 0.384. The molecule has 1 aliphatic heterocycles. The van der Waals surface area contributed by atoms with E-state index in [2.05, 4.69) is 29.3 Å². The van der Waals surface area contributed by atoms with Crippen molar-refractivity contribution in [1.29, 1.82) is 0 Å². The van der Waals surface area contributed by atoms with E-state index in [1.807, 2.05) is 30.3 Å². The van der Waals surface area contributed by atoms with E-state index in [9.17, 15) is 4.79 Å². The molecule has 108 valence electrons. The molecule has 1 aliphatic rings. The number of benzene rings is 2. The van der Waals surface area contributed by atoms with Gasteiger partial charge in [0, 0.05) is 24.7 Å². The molecular formula is C17H19N3O. The summed E-state index contributed by atoms with van der Waals surface area (Å²) < 4.78 is 0. The molecule has 0 radical (unpaired) electrons. The first-order valence-electron chi connectivity index (χ1n) is 7.13. The van der Waals surface area contributed by atoms with Crippen LogP contribution in [-0.4, -0.2) is 18.5 Å². The van der Waals surface area contributed by atoms with Gasteiger partial charge in [-0.25, -0.2) is 0 Å². The van der Waals surface area contributed by atoms with Crippen LogP contribution in [0.2, 0.25) is 0 Å². The third-order valence-electron chi connectivity index (χ3n) is 3.90. The van der Waals surface area contributed by atoms with Crippen molar-refractivity contribution in [3.05, 3.63) is 59.7 Å². The molecule has 4 heteroatoms. The fourth-order valence-electron chi connectivity index (χ4n) is 2.74. The summed E-state index contributed by atoms with van der Waals surface area (Å²) >= 11 is 0. The number of nitrogens with two attached hydrogens (primary N) is 1. The van der Waals surface area contributed by atoms with Gasteiger partial charge in [-0.3, -0.25) is 4.79 Å². The lowest BCUT2D eigenvalue weighted by molar-refractivity contribution is 0.1000. The van der Waals surface area contributed by atoms with Gasteiger partial charge in [-0.15, -0.1) is 0 Å². The Labute approximate surface area is 124 Å². The Kier molecular flexibility index (Phi) is 3.52. The van der Waals surface area contributed by atoms with Gasteiger partial charge in [0.05, 0.1) is 11.4 Å². The minimum atomic E-state index is -0.384. The fraction of sp³-hybridized carbons (Fsp3) is 0.235. The van der Waals surface area contributed by atoms with Crippen LogP contribution in [0, 0.1) is 0 Å². The molecule has 2 aromatic carbocycles. The second-order valence-electron chi connectivity index (χ2n) is 5.44. The molecular weight excluding hydrogens is 262 g/mol. The largest absolute Gasteiger partial charge is 0.381 e. The van der Waals surface area contributed by atoms with Crippen LogP contribution < -0.4 is 16.0 Å². The van der Waals surface area contributed by atoms with E-state index < -0.39 is 0 Å². The molecule has 1 amide bonds. The Balaban J connectivity index is 1.90. The van der Waals surface area contributed by atoms with Crippen molar-refractivity contribution in [1.82, 2.24) is 0 Å². The standard InChI is InChI=1S/C17H19N3O/c1-12-10-19-15-7-2-3-8-16(15)20(12)11-13-5-4-6-14(9-13)17(18)21/h2-9,12,19H,10-11H2,1H3,(H2,18,21). The SMILES string of the molecule is CC1CNc2ccccc2N1Cc1cccc(C(N)=O)c1. The monoisotopic (exact) mass is 281 g/mol. The highest BCUT2D eigenvalue weighted by Gasteiger charge is 2.22. The lowest BCUT2D eigenvalue weighted by atomic mass is 10.1. The van der Waals surface area contributed by atoms with E-state index in [-0.39, 0.29) is 5.91 Å². The predicted molar refractivity (Wildman–Crippen MR) is 85.5 cm³/mol. The summed E-state index contributed by atoms with van der Waals surface area (Å²) in [6.45, 7) is 3.87. The normalized spacial score (nSPS) is 17.0. The molecule has 1 atom stereocenters. The Morgan fingerprint density at radius 2 is 2.10 bits per heavy atom. The minimum Gasteiger partial charge on any atom is -0.381 e. The number of amides is 1. The number of carbonyl (C=O) groups is 1. The smallest absolute Gasteiger partial charge is 0.248 e. The van der Waals surface area contributed by atoms with Crippen molar-refractivity contribution in [3.63, 3.8) is 0 Å². The van der Waals surface area contributed by atoms with Crippen LogP contribution >= 0.6 is 0 Å². The Morgan fingerprint density at radius 3 is 2.90 bits per heavy atom. The third-order valence-corrected chi connectivity index (χ3v) is 3.90. The van der Waals surface area contributed by atoms with E-state index in [1.165, 1.54) is 5.69 Å². The average molecular weight is 281 g/mol. The van der Waals surface area contributed by atoms with Crippen LogP contribution in [0.15, 0.2) is 48.5 Å². The second kappa shape index (κ2) is 5.48. The van der Waals surface area contributed by atoms with Crippen molar-refractivity contribution in [2.24, 2.45) is 5.73 Å². The first-order chi connectivity index (χ1) is 10.1. The van der Waals surface area contributed by atoms with Crippen LogP contribution in [0.4, 0.5) is 11.4 Å². The number of hydrogen-bond donors (Lipinski definition) is 2. The van der Waals surface area contributed by atoms with Crippen molar-refractivity contribution in [3.8, 4) is 0 Å². The van der Waals surface area contributed by atoms with Gasteiger partial charge in [-0.2, -0.15) is 0 Å². The van der Waals surface area contributed by atoms with E-state index in [1.54, 1.807) is 6.07 Å². The first kappa shape index (κ1) is 13.5. The van der Waals surface area contributed by atoms with Crippen molar-refractivity contribution >= 4 is 17.3 Å². The summed E-state index contributed by atoms with van der Waals surface area (Å²) in [5.74, 6) is -0.384. The summed E-state index contributed by atoms with van der Waals surface area (Å²) in [5, 5.41) is 3.44. The Morgan fingerprint density at radius 1 is 1.29 bits per heavy atom. The van der Waals surface area contributed by atoms with Gasteiger partial charge in [0.2, 0.25) is 5.91 Å². The molecule has 0 aromatic heterocycles. The summed E-state index contributed by atoms with van der Waals surface area (Å²) in [7, 11) is 0. The van der Waals surface area contributed by atoms with Crippen molar-refractivity contribution in [2.45, 2.75) is 19.5 Å². The summed E-state index contributed by atoms with van der Waals surface area (Å²) in [5.41, 5.74) is 9.36. The number of fused-ring (bicyclic) bond motifs is 1.